The molecular formula is C24H25N3O5. The molecular weight excluding hydrogens is 410 g/mol. The van der Waals surface area contributed by atoms with E-state index in [1.165, 1.54) is 6.26 Å². The van der Waals surface area contributed by atoms with Crippen molar-refractivity contribution in [2.45, 2.75) is 25.5 Å². The molecule has 1 fully saturated rings. The second-order valence-corrected chi connectivity index (χ2v) is 7.59. The van der Waals surface area contributed by atoms with Crippen LogP contribution in [0.3, 0.4) is 0 Å². The van der Waals surface area contributed by atoms with Crippen LogP contribution in [-0.4, -0.2) is 41.2 Å². The molecule has 2 aromatic carbocycles. The number of para-hydroxylation sites is 1. The van der Waals surface area contributed by atoms with Gasteiger partial charge in [-0.25, -0.2) is 4.79 Å². The number of phenols is 1. The highest BCUT2D eigenvalue weighted by molar-refractivity contribution is 6.02. The SMILES string of the molecule is O=C(Nc1cccc(NC(=O)N(Cc2ccccc2O)C[C@H]2CCCO2)c1)c1ccco1. The smallest absolute Gasteiger partial charge is 0.322 e. The molecule has 3 aromatic rings. The summed E-state index contributed by atoms with van der Waals surface area (Å²) in [6, 6.07) is 16.7. The number of hydrogen-bond donors (Lipinski definition) is 3. The van der Waals surface area contributed by atoms with Gasteiger partial charge in [-0.3, -0.25) is 4.79 Å². The number of nitrogens with zero attached hydrogens (tertiary/aromatic N) is 1. The summed E-state index contributed by atoms with van der Waals surface area (Å²) < 4.78 is 10.8. The number of benzene rings is 2. The van der Waals surface area contributed by atoms with E-state index in [4.69, 9.17) is 9.15 Å². The molecule has 166 valence electrons. The van der Waals surface area contributed by atoms with Crippen molar-refractivity contribution < 1.29 is 23.8 Å². The molecule has 4 rings (SSSR count). The van der Waals surface area contributed by atoms with Gasteiger partial charge in [-0.2, -0.15) is 0 Å². The van der Waals surface area contributed by atoms with Gasteiger partial charge in [-0.05, 0) is 49.2 Å². The second kappa shape index (κ2) is 10.0. The Morgan fingerprint density at radius 2 is 1.84 bits per heavy atom. The van der Waals surface area contributed by atoms with Crippen LogP contribution < -0.4 is 10.6 Å². The molecule has 0 aliphatic carbocycles. The standard InChI is InChI=1S/C24H25N3O5/c28-21-10-2-1-6-17(21)15-27(16-20-9-4-12-31-20)24(30)26-19-8-3-7-18(14-19)25-23(29)22-11-5-13-32-22/h1-3,5-8,10-11,13-14,20,28H,4,9,12,15-16H2,(H,25,29)(H,26,30)/t20-/m1/s1. The molecule has 1 aliphatic rings. The number of furan rings is 1. The van der Waals surface area contributed by atoms with Gasteiger partial charge in [0.1, 0.15) is 5.75 Å². The van der Waals surface area contributed by atoms with Gasteiger partial charge >= 0.3 is 6.03 Å². The van der Waals surface area contributed by atoms with Crippen molar-refractivity contribution in [1.29, 1.82) is 0 Å². The Labute approximate surface area is 185 Å². The van der Waals surface area contributed by atoms with E-state index < -0.39 is 0 Å². The molecule has 0 saturated carbocycles. The number of carbonyl (C=O) groups is 2. The van der Waals surface area contributed by atoms with E-state index in [1.54, 1.807) is 59.5 Å². The zero-order valence-corrected chi connectivity index (χ0v) is 17.5. The number of hydrogen-bond acceptors (Lipinski definition) is 5. The van der Waals surface area contributed by atoms with Gasteiger partial charge in [0.2, 0.25) is 0 Å². The fourth-order valence-electron chi connectivity index (χ4n) is 3.58. The van der Waals surface area contributed by atoms with Crippen LogP contribution >= 0.6 is 0 Å². The van der Waals surface area contributed by atoms with Crippen LogP contribution in [0, 0.1) is 0 Å². The molecule has 0 bridgehead atoms. The highest BCUT2D eigenvalue weighted by Crippen LogP contribution is 2.22. The van der Waals surface area contributed by atoms with E-state index in [9.17, 15) is 14.7 Å². The predicted octanol–water partition coefficient (Wildman–Crippen LogP) is 4.45. The summed E-state index contributed by atoms with van der Waals surface area (Å²) in [5.74, 6) is -0.0387. The summed E-state index contributed by atoms with van der Waals surface area (Å²) in [5, 5.41) is 15.8. The summed E-state index contributed by atoms with van der Waals surface area (Å²) >= 11 is 0. The van der Waals surface area contributed by atoms with Crippen molar-refractivity contribution in [2.75, 3.05) is 23.8 Å². The van der Waals surface area contributed by atoms with E-state index in [0.717, 1.165) is 12.8 Å². The number of aromatic hydroxyl groups is 1. The highest BCUT2D eigenvalue weighted by atomic mass is 16.5. The number of urea groups is 1. The quantitative estimate of drug-likeness (QED) is 0.509. The maximum absolute atomic E-state index is 13.1. The molecule has 8 nitrogen and oxygen atoms in total. The molecule has 0 spiro atoms. The maximum Gasteiger partial charge on any atom is 0.322 e. The summed E-state index contributed by atoms with van der Waals surface area (Å²) in [6.07, 6.45) is 3.25. The number of rotatable bonds is 7. The Kier molecular flexibility index (Phi) is 6.72. The van der Waals surface area contributed by atoms with Crippen LogP contribution in [0.1, 0.15) is 29.0 Å². The van der Waals surface area contributed by atoms with E-state index in [-0.39, 0.29) is 36.1 Å². The zero-order valence-electron chi connectivity index (χ0n) is 17.5. The topological polar surface area (TPSA) is 104 Å². The molecule has 32 heavy (non-hydrogen) atoms. The van der Waals surface area contributed by atoms with Gasteiger partial charge in [-0.1, -0.05) is 24.3 Å². The Balaban J connectivity index is 1.46. The van der Waals surface area contributed by atoms with E-state index >= 15 is 0 Å². The third kappa shape index (κ3) is 5.47. The predicted molar refractivity (Wildman–Crippen MR) is 120 cm³/mol. The Hall–Kier alpha value is -3.78. The van der Waals surface area contributed by atoms with Crippen molar-refractivity contribution in [3.63, 3.8) is 0 Å². The average Bonchev–Trinajstić information content (AvgIpc) is 3.49. The average molecular weight is 435 g/mol. The zero-order chi connectivity index (χ0) is 22.3. The number of amides is 3. The fraction of sp³-hybridized carbons (Fsp3) is 0.250. The molecule has 0 unspecified atom stereocenters. The lowest BCUT2D eigenvalue weighted by atomic mass is 10.1. The van der Waals surface area contributed by atoms with Crippen molar-refractivity contribution in [1.82, 2.24) is 4.90 Å². The number of nitrogens with one attached hydrogen (secondary N) is 2. The van der Waals surface area contributed by atoms with Crippen LogP contribution in [0.2, 0.25) is 0 Å². The van der Waals surface area contributed by atoms with Crippen LogP contribution in [0.5, 0.6) is 5.75 Å². The summed E-state index contributed by atoms with van der Waals surface area (Å²) in [7, 11) is 0. The van der Waals surface area contributed by atoms with Gasteiger partial charge in [0.15, 0.2) is 5.76 Å². The van der Waals surface area contributed by atoms with Gasteiger partial charge in [0.05, 0.1) is 18.9 Å². The Morgan fingerprint density at radius 1 is 1.03 bits per heavy atom. The lowest BCUT2D eigenvalue weighted by Gasteiger charge is -2.26. The first kappa shape index (κ1) is 21.5. The number of ether oxygens (including phenoxy) is 1. The van der Waals surface area contributed by atoms with Gasteiger partial charge in [0, 0.05) is 30.1 Å². The van der Waals surface area contributed by atoms with E-state index in [2.05, 4.69) is 10.6 Å². The first-order valence-electron chi connectivity index (χ1n) is 10.5. The van der Waals surface area contributed by atoms with Crippen LogP contribution in [0.15, 0.2) is 71.3 Å². The molecule has 0 radical (unpaired) electrons. The van der Waals surface area contributed by atoms with Crippen LogP contribution in [-0.2, 0) is 11.3 Å². The molecule has 1 aliphatic heterocycles. The van der Waals surface area contributed by atoms with Gasteiger partial charge in [-0.15, -0.1) is 0 Å². The molecule has 3 N–H and O–H groups in total. The highest BCUT2D eigenvalue weighted by Gasteiger charge is 2.24. The molecule has 1 saturated heterocycles. The lowest BCUT2D eigenvalue weighted by Crippen LogP contribution is -2.39. The monoisotopic (exact) mass is 435 g/mol. The fourth-order valence-corrected chi connectivity index (χ4v) is 3.58. The van der Waals surface area contributed by atoms with Crippen LogP contribution in [0.25, 0.3) is 0 Å². The molecule has 8 heteroatoms. The minimum absolute atomic E-state index is 0.0366. The van der Waals surface area contributed by atoms with Crippen LogP contribution in [0.4, 0.5) is 16.2 Å². The molecule has 1 atom stereocenters. The van der Waals surface area contributed by atoms with Gasteiger partial charge < -0.3 is 29.8 Å². The normalized spacial score (nSPS) is 15.3. The minimum atomic E-state index is -0.377. The second-order valence-electron chi connectivity index (χ2n) is 7.59. The number of anilines is 2. The number of carbonyl (C=O) groups excluding carboxylic acids is 2. The van der Waals surface area contributed by atoms with E-state index in [0.29, 0.717) is 30.1 Å². The third-order valence-electron chi connectivity index (χ3n) is 5.20. The van der Waals surface area contributed by atoms with Crippen molar-refractivity contribution in [2.24, 2.45) is 0 Å². The third-order valence-corrected chi connectivity index (χ3v) is 5.20. The maximum atomic E-state index is 13.1. The Bertz CT molecular complexity index is 1060. The van der Waals surface area contributed by atoms with Crippen molar-refractivity contribution >= 4 is 23.3 Å². The van der Waals surface area contributed by atoms with Crippen molar-refractivity contribution in [3.8, 4) is 5.75 Å². The largest absolute Gasteiger partial charge is 0.508 e. The summed E-state index contributed by atoms with van der Waals surface area (Å²) in [6.45, 7) is 1.34. The lowest BCUT2D eigenvalue weighted by molar-refractivity contribution is 0.0817. The molecule has 1 aromatic heterocycles. The first-order chi connectivity index (χ1) is 15.6. The molecule has 2 heterocycles. The minimum Gasteiger partial charge on any atom is -0.508 e. The first-order valence-corrected chi connectivity index (χ1v) is 10.5. The van der Waals surface area contributed by atoms with E-state index in [1.807, 2.05) is 6.07 Å². The molecule has 3 amide bonds. The number of phenolic OH excluding ortho intramolecular Hbond substituents is 1. The van der Waals surface area contributed by atoms with Crippen molar-refractivity contribution in [3.05, 3.63) is 78.3 Å². The van der Waals surface area contributed by atoms with Gasteiger partial charge in [0.25, 0.3) is 5.91 Å². The summed E-state index contributed by atoms with van der Waals surface area (Å²) in [5.41, 5.74) is 1.71. The Morgan fingerprint density at radius 3 is 2.56 bits per heavy atom. The summed E-state index contributed by atoms with van der Waals surface area (Å²) in [4.78, 5) is 26.9.